The van der Waals surface area contributed by atoms with Crippen LogP contribution in [0.2, 0.25) is 5.02 Å². The number of halogens is 1. The second kappa shape index (κ2) is 10.8. The highest BCUT2D eigenvalue weighted by Crippen LogP contribution is 2.22. The number of benzene rings is 1. The Morgan fingerprint density at radius 3 is 2.18 bits per heavy atom. The molecule has 4 heterocycles. The lowest BCUT2D eigenvalue weighted by molar-refractivity contribution is 0.0712. The molecule has 0 bridgehead atoms. The topological polar surface area (TPSA) is 77.1 Å². The fourth-order valence-corrected chi connectivity index (χ4v) is 4.97. The van der Waals surface area contributed by atoms with Crippen molar-refractivity contribution < 1.29 is 9.53 Å². The molecule has 182 valence electrons. The number of para-hydroxylation sites is 1. The lowest BCUT2D eigenvalue weighted by atomic mass is 10.2. The van der Waals surface area contributed by atoms with Crippen LogP contribution in [-0.2, 0) is 4.74 Å². The number of nitrogens with zero attached hydrogens (tertiary/aromatic N) is 6. The Bertz CT molecular complexity index is 954. The standard InChI is InChI=1S/C24H32ClN7O2/c25-20-5-1-2-6-21(20)26-24(33)32-15-13-31(14-16-32)23-8-7-22(27-28-23)30-11-9-29(10-12-30)18-19-4-3-17-34-19/h1-2,5-8,19H,3-4,9-18H2,(H,26,33). The highest BCUT2D eigenvalue weighted by atomic mass is 35.5. The number of rotatable bonds is 5. The molecule has 3 fully saturated rings. The van der Waals surface area contributed by atoms with E-state index in [-0.39, 0.29) is 6.03 Å². The number of amides is 2. The molecular weight excluding hydrogens is 454 g/mol. The number of urea groups is 1. The van der Waals surface area contributed by atoms with Crippen LogP contribution in [0.15, 0.2) is 36.4 Å². The zero-order chi connectivity index (χ0) is 23.3. The molecule has 0 aliphatic carbocycles. The summed E-state index contributed by atoms with van der Waals surface area (Å²) in [5.41, 5.74) is 0.630. The van der Waals surface area contributed by atoms with Gasteiger partial charge in [0.15, 0.2) is 11.6 Å². The third-order valence-electron chi connectivity index (χ3n) is 6.82. The molecule has 0 saturated carbocycles. The lowest BCUT2D eigenvalue weighted by Crippen LogP contribution is -2.50. The summed E-state index contributed by atoms with van der Waals surface area (Å²) in [7, 11) is 0. The molecule has 3 aliphatic heterocycles. The molecule has 2 aromatic rings. The maximum absolute atomic E-state index is 12.6. The van der Waals surface area contributed by atoms with Gasteiger partial charge in [-0.25, -0.2) is 4.79 Å². The summed E-state index contributed by atoms with van der Waals surface area (Å²) in [4.78, 5) is 21.4. The molecule has 1 atom stereocenters. The summed E-state index contributed by atoms with van der Waals surface area (Å²) in [6.07, 6.45) is 2.79. The van der Waals surface area contributed by atoms with E-state index in [1.165, 1.54) is 12.8 Å². The molecule has 1 N–H and O–H groups in total. The zero-order valence-electron chi connectivity index (χ0n) is 19.4. The zero-order valence-corrected chi connectivity index (χ0v) is 20.2. The van der Waals surface area contributed by atoms with Crippen molar-refractivity contribution in [3.8, 4) is 0 Å². The van der Waals surface area contributed by atoms with Crippen LogP contribution in [0.25, 0.3) is 0 Å². The van der Waals surface area contributed by atoms with Crippen molar-refractivity contribution >= 4 is 35.0 Å². The predicted octanol–water partition coefficient (Wildman–Crippen LogP) is 2.79. The van der Waals surface area contributed by atoms with Gasteiger partial charge in [-0.2, -0.15) is 0 Å². The van der Waals surface area contributed by atoms with Gasteiger partial charge >= 0.3 is 6.03 Å². The Morgan fingerprint density at radius 1 is 0.941 bits per heavy atom. The minimum absolute atomic E-state index is 0.132. The molecule has 1 unspecified atom stereocenters. The highest BCUT2D eigenvalue weighted by molar-refractivity contribution is 6.33. The third kappa shape index (κ3) is 5.54. The van der Waals surface area contributed by atoms with Crippen molar-refractivity contribution in [1.29, 1.82) is 0 Å². The van der Waals surface area contributed by atoms with Crippen molar-refractivity contribution in [1.82, 2.24) is 20.0 Å². The molecule has 5 rings (SSSR count). The molecule has 0 radical (unpaired) electrons. The van der Waals surface area contributed by atoms with Crippen LogP contribution in [0.4, 0.5) is 22.1 Å². The highest BCUT2D eigenvalue weighted by Gasteiger charge is 2.25. The molecule has 1 aromatic carbocycles. The quantitative estimate of drug-likeness (QED) is 0.697. The van der Waals surface area contributed by atoms with E-state index in [2.05, 4.69) is 36.3 Å². The van der Waals surface area contributed by atoms with Gasteiger partial charge in [0, 0.05) is 65.5 Å². The molecule has 9 nitrogen and oxygen atoms in total. The van der Waals surface area contributed by atoms with Gasteiger partial charge in [0.05, 0.1) is 16.8 Å². The van der Waals surface area contributed by atoms with Crippen molar-refractivity contribution in [2.24, 2.45) is 0 Å². The second-order valence-corrected chi connectivity index (χ2v) is 9.46. The number of piperazine rings is 2. The maximum Gasteiger partial charge on any atom is 0.322 e. The molecule has 34 heavy (non-hydrogen) atoms. The molecule has 2 amide bonds. The molecule has 1 aromatic heterocycles. The van der Waals surface area contributed by atoms with E-state index in [4.69, 9.17) is 16.3 Å². The van der Waals surface area contributed by atoms with Crippen molar-refractivity contribution in [3.63, 3.8) is 0 Å². The number of nitrogens with one attached hydrogen (secondary N) is 1. The first kappa shape index (κ1) is 23.1. The average Bonchev–Trinajstić information content (AvgIpc) is 3.39. The van der Waals surface area contributed by atoms with Crippen LogP contribution >= 0.6 is 11.6 Å². The molecule has 3 saturated heterocycles. The van der Waals surface area contributed by atoms with Crippen molar-refractivity contribution in [2.45, 2.75) is 18.9 Å². The van der Waals surface area contributed by atoms with Crippen LogP contribution in [0.1, 0.15) is 12.8 Å². The lowest BCUT2D eigenvalue weighted by Gasteiger charge is -2.37. The SMILES string of the molecule is O=C(Nc1ccccc1Cl)N1CCN(c2ccc(N3CCN(CC4CCCO4)CC3)nn2)CC1. The van der Waals surface area contributed by atoms with E-state index >= 15 is 0 Å². The number of hydrogen-bond donors (Lipinski definition) is 1. The van der Waals surface area contributed by atoms with Crippen LogP contribution < -0.4 is 15.1 Å². The molecular formula is C24H32ClN7O2. The summed E-state index contributed by atoms with van der Waals surface area (Å²) >= 11 is 6.15. The van der Waals surface area contributed by atoms with E-state index in [0.29, 0.717) is 43.0 Å². The number of ether oxygens (including phenoxy) is 1. The Morgan fingerprint density at radius 2 is 1.59 bits per heavy atom. The smallest absolute Gasteiger partial charge is 0.322 e. The first-order valence-electron chi connectivity index (χ1n) is 12.1. The third-order valence-corrected chi connectivity index (χ3v) is 7.15. The molecule has 0 spiro atoms. The minimum atomic E-state index is -0.132. The van der Waals surface area contributed by atoms with Gasteiger partial charge in [0.1, 0.15) is 0 Å². The number of aromatic nitrogens is 2. The summed E-state index contributed by atoms with van der Waals surface area (Å²) in [6.45, 7) is 8.59. The predicted molar refractivity (Wildman–Crippen MR) is 134 cm³/mol. The van der Waals surface area contributed by atoms with Crippen LogP contribution in [0.3, 0.4) is 0 Å². The number of anilines is 3. The van der Waals surface area contributed by atoms with E-state index in [1.54, 1.807) is 17.0 Å². The number of carbonyl (C=O) groups excluding carboxylic acids is 1. The van der Waals surface area contributed by atoms with Gasteiger partial charge in [-0.05, 0) is 37.1 Å². The van der Waals surface area contributed by atoms with Crippen LogP contribution in [-0.4, -0.2) is 97.6 Å². The van der Waals surface area contributed by atoms with Gasteiger partial charge < -0.3 is 24.8 Å². The van der Waals surface area contributed by atoms with E-state index < -0.39 is 0 Å². The summed E-state index contributed by atoms with van der Waals surface area (Å²) in [5, 5.41) is 12.4. The first-order chi connectivity index (χ1) is 16.7. The fraction of sp³-hybridized carbons (Fsp3) is 0.542. The number of carbonyl (C=O) groups is 1. The van der Waals surface area contributed by atoms with Gasteiger partial charge in [-0.1, -0.05) is 23.7 Å². The first-order valence-corrected chi connectivity index (χ1v) is 12.5. The Balaban J connectivity index is 1.08. The summed E-state index contributed by atoms with van der Waals surface area (Å²) in [6, 6.07) is 11.2. The molecule has 3 aliphatic rings. The van der Waals surface area contributed by atoms with E-state index in [0.717, 1.165) is 51.0 Å². The fourth-order valence-electron chi connectivity index (χ4n) is 4.79. The van der Waals surface area contributed by atoms with Crippen molar-refractivity contribution in [3.05, 3.63) is 41.4 Å². The Labute approximate surface area is 205 Å². The summed E-state index contributed by atoms with van der Waals surface area (Å²) < 4.78 is 5.78. The van der Waals surface area contributed by atoms with Crippen LogP contribution in [0.5, 0.6) is 0 Å². The average molecular weight is 486 g/mol. The normalized spacial score (nSPS) is 21.7. The molecule has 10 heteroatoms. The van der Waals surface area contributed by atoms with E-state index in [1.807, 2.05) is 18.2 Å². The van der Waals surface area contributed by atoms with Gasteiger partial charge in [0.2, 0.25) is 0 Å². The monoisotopic (exact) mass is 485 g/mol. The summed E-state index contributed by atoms with van der Waals surface area (Å²) in [5.74, 6) is 1.78. The van der Waals surface area contributed by atoms with Crippen molar-refractivity contribution in [2.75, 3.05) is 80.6 Å². The number of hydrogen-bond acceptors (Lipinski definition) is 7. The maximum atomic E-state index is 12.6. The van der Waals surface area contributed by atoms with Gasteiger partial charge in [0.25, 0.3) is 0 Å². The Kier molecular flexibility index (Phi) is 7.32. The van der Waals surface area contributed by atoms with Gasteiger partial charge in [-0.15, -0.1) is 10.2 Å². The van der Waals surface area contributed by atoms with Gasteiger partial charge in [-0.3, -0.25) is 4.90 Å². The van der Waals surface area contributed by atoms with Crippen LogP contribution in [0, 0.1) is 0 Å². The Hall–Kier alpha value is -2.62. The second-order valence-electron chi connectivity index (χ2n) is 9.06. The largest absolute Gasteiger partial charge is 0.377 e. The van der Waals surface area contributed by atoms with E-state index in [9.17, 15) is 4.79 Å². The minimum Gasteiger partial charge on any atom is -0.377 e.